The number of aryl methyl sites for hydroxylation is 1. The Morgan fingerprint density at radius 3 is 2.87 bits per heavy atom. The molecule has 0 bridgehead atoms. The maximum absolute atomic E-state index is 11.7. The molecule has 0 aliphatic rings. The average molecular weight is 348 g/mol. The van der Waals surface area contributed by atoms with Crippen LogP contribution >= 0.6 is 22.7 Å². The Kier molecular flexibility index (Phi) is 4.79. The van der Waals surface area contributed by atoms with Gasteiger partial charge in [-0.05, 0) is 22.9 Å². The maximum Gasteiger partial charge on any atom is 0.279 e. The van der Waals surface area contributed by atoms with E-state index in [9.17, 15) is 9.59 Å². The summed E-state index contributed by atoms with van der Waals surface area (Å²) in [5.41, 5.74) is 5.60. The molecule has 0 saturated carbocycles. The monoisotopic (exact) mass is 348 g/mol. The Morgan fingerprint density at radius 2 is 2.13 bits per heavy atom. The summed E-state index contributed by atoms with van der Waals surface area (Å²) >= 11 is 2.84. The lowest BCUT2D eigenvalue weighted by molar-refractivity contribution is -0.121. The molecular weight excluding hydrogens is 336 g/mol. The van der Waals surface area contributed by atoms with Crippen LogP contribution in [0, 0.1) is 0 Å². The van der Waals surface area contributed by atoms with E-state index >= 15 is 0 Å². The minimum Gasteiger partial charge on any atom is -0.339 e. The van der Waals surface area contributed by atoms with Crippen LogP contribution in [0.2, 0.25) is 0 Å². The number of carbonyl (C=O) groups excluding carboxylic acids is 2. The average Bonchev–Trinajstić information content (AvgIpc) is 3.32. The third-order valence-corrected chi connectivity index (χ3v) is 4.43. The molecule has 0 atom stereocenters. The van der Waals surface area contributed by atoms with Crippen molar-refractivity contribution < 1.29 is 14.1 Å². The molecule has 0 radical (unpaired) electrons. The second-order valence-corrected chi connectivity index (χ2v) is 6.23. The number of aromatic nitrogens is 2. The predicted octanol–water partition coefficient (Wildman–Crippen LogP) is 2.25. The molecule has 3 rings (SSSR count). The highest BCUT2D eigenvalue weighted by molar-refractivity contribution is 7.12. The number of nitrogens with zero attached hydrogens (tertiary/aromatic N) is 2. The lowest BCUT2D eigenvalue weighted by Crippen LogP contribution is -2.41. The van der Waals surface area contributed by atoms with Gasteiger partial charge in [0.1, 0.15) is 0 Å². The minimum absolute atomic E-state index is 0.135. The number of thiophene rings is 2. The van der Waals surface area contributed by atoms with Crippen molar-refractivity contribution in [1.82, 2.24) is 21.0 Å². The molecule has 2 N–H and O–H groups in total. The molecule has 23 heavy (non-hydrogen) atoms. The van der Waals surface area contributed by atoms with E-state index in [1.165, 1.54) is 11.3 Å². The Labute approximate surface area is 139 Å². The fourth-order valence-electron chi connectivity index (χ4n) is 1.74. The van der Waals surface area contributed by atoms with Crippen LogP contribution in [0.25, 0.3) is 11.4 Å². The molecular formula is C14H12N4O3S2. The normalized spacial score (nSPS) is 10.4. The van der Waals surface area contributed by atoms with Crippen molar-refractivity contribution in [3.8, 4) is 11.4 Å². The van der Waals surface area contributed by atoms with Gasteiger partial charge in [-0.2, -0.15) is 16.3 Å². The predicted molar refractivity (Wildman–Crippen MR) is 85.9 cm³/mol. The van der Waals surface area contributed by atoms with Crippen LogP contribution in [0.4, 0.5) is 0 Å². The van der Waals surface area contributed by atoms with Crippen molar-refractivity contribution in [3.05, 3.63) is 45.1 Å². The van der Waals surface area contributed by atoms with Gasteiger partial charge in [-0.25, -0.2) is 0 Å². The van der Waals surface area contributed by atoms with Gasteiger partial charge in [0.15, 0.2) is 0 Å². The second-order valence-electron chi connectivity index (χ2n) is 4.50. The SMILES string of the molecule is O=C(CCc1nc(-c2ccsc2)no1)NNC(=O)c1cccs1. The zero-order valence-corrected chi connectivity index (χ0v) is 13.4. The fourth-order valence-corrected chi connectivity index (χ4v) is 3.00. The molecule has 0 fully saturated rings. The first-order valence-corrected chi connectivity index (χ1v) is 8.52. The van der Waals surface area contributed by atoms with E-state index in [4.69, 9.17) is 4.52 Å². The van der Waals surface area contributed by atoms with Gasteiger partial charge in [0.05, 0.1) is 4.88 Å². The number of nitrogens with one attached hydrogen (secondary N) is 2. The third-order valence-electron chi connectivity index (χ3n) is 2.87. The highest BCUT2D eigenvalue weighted by Gasteiger charge is 2.12. The van der Waals surface area contributed by atoms with Gasteiger partial charge in [0.25, 0.3) is 5.91 Å². The van der Waals surface area contributed by atoms with Crippen molar-refractivity contribution in [2.24, 2.45) is 0 Å². The summed E-state index contributed by atoms with van der Waals surface area (Å²) in [5, 5.41) is 9.50. The summed E-state index contributed by atoms with van der Waals surface area (Å²) < 4.78 is 5.10. The van der Waals surface area contributed by atoms with Gasteiger partial charge in [-0.15, -0.1) is 11.3 Å². The third kappa shape index (κ3) is 4.02. The summed E-state index contributed by atoms with van der Waals surface area (Å²) in [4.78, 5) is 28.1. The summed E-state index contributed by atoms with van der Waals surface area (Å²) in [6.07, 6.45) is 0.438. The molecule has 0 aliphatic heterocycles. The van der Waals surface area contributed by atoms with Crippen molar-refractivity contribution in [2.45, 2.75) is 12.8 Å². The molecule has 0 unspecified atom stereocenters. The molecule has 3 heterocycles. The summed E-state index contributed by atoms with van der Waals surface area (Å²) in [5.74, 6) is 0.217. The quantitative estimate of drug-likeness (QED) is 0.689. The van der Waals surface area contributed by atoms with Crippen molar-refractivity contribution in [3.63, 3.8) is 0 Å². The van der Waals surface area contributed by atoms with Crippen LogP contribution in [-0.4, -0.2) is 22.0 Å². The molecule has 0 saturated heterocycles. The van der Waals surface area contributed by atoms with E-state index in [0.717, 1.165) is 5.56 Å². The largest absolute Gasteiger partial charge is 0.339 e. The van der Waals surface area contributed by atoms with Gasteiger partial charge >= 0.3 is 0 Å². The first-order valence-electron chi connectivity index (χ1n) is 6.70. The van der Waals surface area contributed by atoms with E-state index in [0.29, 0.717) is 23.0 Å². The molecule has 0 spiro atoms. The van der Waals surface area contributed by atoms with E-state index in [1.54, 1.807) is 28.8 Å². The topological polar surface area (TPSA) is 97.1 Å². The lowest BCUT2D eigenvalue weighted by Gasteiger charge is -2.04. The molecule has 7 nitrogen and oxygen atoms in total. The summed E-state index contributed by atoms with van der Waals surface area (Å²) in [6.45, 7) is 0. The van der Waals surface area contributed by atoms with Crippen LogP contribution in [0.5, 0.6) is 0 Å². The Bertz CT molecular complexity index is 781. The highest BCUT2D eigenvalue weighted by atomic mass is 32.1. The van der Waals surface area contributed by atoms with Crippen molar-refractivity contribution in [2.75, 3.05) is 0 Å². The van der Waals surface area contributed by atoms with Gasteiger partial charge in [-0.1, -0.05) is 11.2 Å². The van der Waals surface area contributed by atoms with Gasteiger partial charge in [0, 0.05) is 23.8 Å². The van der Waals surface area contributed by atoms with Crippen molar-refractivity contribution in [1.29, 1.82) is 0 Å². The first kappa shape index (κ1) is 15.4. The molecule has 9 heteroatoms. The van der Waals surface area contributed by atoms with Gasteiger partial charge < -0.3 is 4.52 Å². The fraction of sp³-hybridized carbons (Fsp3) is 0.143. The summed E-state index contributed by atoms with van der Waals surface area (Å²) in [7, 11) is 0. The minimum atomic E-state index is -0.342. The number of hydrazine groups is 1. The number of amides is 2. The molecule has 118 valence electrons. The highest BCUT2D eigenvalue weighted by Crippen LogP contribution is 2.18. The number of hydrogen-bond donors (Lipinski definition) is 2. The zero-order chi connectivity index (χ0) is 16.1. The van der Waals surface area contributed by atoms with E-state index in [2.05, 4.69) is 21.0 Å². The molecule has 3 aromatic heterocycles. The lowest BCUT2D eigenvalue weighted by atomic mass is 10.3. The summed E-state index contributed by atoms with van der Waals surface area (Å²) in [6, 6.07) is 5.34. The van der Waals surface area contributed by atoms with Crippen LogP contribution in [-0.2, 0) is 11.2 Å². The number of carbonyl (C=O) groups is 2. The van der Waals surface area contributed by atoms with Crippen LogP contribution in [0.3, 0.4) is 0 Å². The standard InChI is InChI=1S/C14H12N4O3S2/c19-11(16-17-14(20)10-2-1-6-23-10)3-4-12-15-13(18-21-12)9-5-7-22-8-9/h1-2,5-8H,3-4H2,(H,16,19)(H,17,20). The van der Waals surface area contributed by atoms with E-state index in [-0.39, 0.29) is 18.2 Å². The Hall–Kier alpha value is -2.52. The molecule has 3 aromatic rings. The van der Waals surface area contributed by atoms with Crippen LogP contribution in [0.15, 0.2) is 38.9 Å². The van der Waals surface area contributed by atoms with Crippen LogP contribution < -0.4 is 10.9 Å². The Balaban J connectivity index is 1.45. The van der Waals surface area contributed by atoms with Gasteiger partial charge in [0.2, 0.25) is 17.6 Å². The number of rotatable bonds is 5. The first-order chi connectivity index (χ1) is 11.2. The van der Waals surface area contributed by atoms with Crippen LogP contribution in [0.1, 0.15) is 22.0 Å². The number of hydrogen-bond acceptors (Lipinski definition) is 7. The van der Waals surface area contributed by atoms with E-state index in [1.807, 2.05) is 16.8 Å². The molecule has 0 aliphatic carbocycles. The van der Waals surface area contributed by atoms with Crippen molar-refractivity contribution >= 4 is 34.5 Å². The maximum atomic E-state index is 11.7. The Morgan fingerprint density at radius 1 is 1.22 bits per heavy atom. The molecule has 2 amide bonds. The zero-order valence-electron chi connectivity index (χ0n) is 11.8. The second kappa shape index (κ2) is 7.16. The molecule has 0 aromatic carbocycles. The smallest absolute Gasteiger partial charge is 0.279 e. The van der Waals surface area contributed by atoms with E-state index < -0.39 is 0 Å². The van der Waals surface area contributed by atoms with Gasteiger partial charge in [-0.3, -0.25) is 20.4 Å².